The zero-order valence-electron chi connectivity index (χ0n) is 13.8. The Labute approximate surface area is 128 Å². The summed E-state index contributed by atoms with van der Waals surface area (Å²) in [4.78, 5) is 25.2. The molecular formula is C16H30N2O3. The number of carboxylic acid groups (broad SMARTS) is 1. The second-order valence-corrected chi connectivity index (χ2v) is 6.79. The normalized spacial score (nSPS) is 23.7. The molecule has 0 aromatic carbocycles. The number of carbonyl (C=O) groups excluding carboxylic acids is 1. The Hall–Kier alpha value is -1.26. The van der Waals surface area contributed by atoms with Crippen molar-refractivity contribution in [1.29, 1.82) is 0 Å². The Kier molecular flexibility index (Phi) is 6.99. The first-order valence-corrected chi connectivity index (χ1v) is 8.06. The first kappa shape index (κ1) is 17.8. The number of aliphatic carboxylic acids is 1. The van der Waals surface area contributed by atoms with Crippen molar-refractivity contribution >= 4 is 12.0 Å². The number of urea groups is 1. The van der Waals surface area contributed by atoms with Gasteiger partial charge < -0.3 is 15.3 Å². The zero-order chi connectivity index (χ0) is 16.0. The van der Waals surface area contributed by atoms with Crippen molar-refractivity contribution in [3.63, 3.8) is 0 Å². The van der Waals surface area contributed by atoms with E-state index in [9.17, 15) is 14.7 Å². The van der Waals surface area contributed by atoms with E-state index in [1.807, 2.05) is 20.9 Å². The molecule has 5 nitrogen and oxygen atoms in total. The van der Waals surface area contributed by atoms with Crippen molar-refractivity contribution in [1.82, 2.24) is 10.2 Å². The monoisotopic (exact) mass is 298 g/mol. The van der Waals surface area contributed by atoms with Crippen molar-refractivity contribution in [2.24, 2.45) is 17.8 Å². The maximum absolute atomic E-state index is 12.2. The smallest absolute Gasteiger partial charge is 0.317 e. The number of nitrogens with zero attached hydrogens (tertiary/aromatic N) is 1. The van der Waals surface area contributed by atoms with Crippen LogP contribution >= 0.6 is 0 Å². The molecule has 3 unspecified atom stereocenters. The van der Waals surface area contributed by atoms with Crippen LogP contribution in [0.5, 0.6) is 0 Å². The van der Waals surface area contributed by atoms with Gasteiger partial charge in [-0.15, -0.1) is 0 Å². The third kappa shape index (κ3) is 5.56. The van der Waals surface area contributed by atoms with Gasteiger partial charge in [0.05, 0.1) is 5.92 Å². The van der Waals surface area contributed by atoms with Gasteiger partial charge in [-0.25, -0.2) is 4.79 Å². The molecule has 3 atom stereocenters. The lowest BCUT2D eigenvalue weighted by Gasteiger charge is -2.36. The molecule has 1 aliphatic carbocycles. The van der Waals surface area contributed by atoms with Gasteiger partial charge in [-0.05, 0) is 31.1 Å². The van der Waals surface area contributed by atoms with Crippen LogP contribution in [0.4, 0.5) is 4.79 Å². The summed E-state index contributed by atoms with van der Waals surface area (Å²) < 4.78 is 0. The fourth-order valence-electron chi connectivity index (χ4n) is 3.20. The van der Waals surface area contributed by atoms with E-state index in [0.717, 1.165) is 19.3 Å². The molecule has 1 rings (SSSR count). The number of carbonyl (C=O) groups is 2. The summed E-state index contributed by atoms with van der Waals surface area (Å²) in [6.45, 7) is 6.38. The number of carboxylic acids is 1. The highest BCUT2D eigenvalue weighted by atomic mass is 16.4. The molecule has 0 bridgehead atoms. The number of amides is 2. The van der Waals surface area contributed by atoms with Crippen LogP contribution in [-0.2, 0) is 4.79 Å². The SMILES string of the molecule is CC(C)CC(CNC(=O)N(C)C1CCCCC1C)C(=O)O. The predicted molar refractivity (Wildman–Crippen MR) is 83.2 cm³/mol. The summed E-state index contributed by atoms with van der Waals surface area (Å²) in [6, 6.07) is 0.121. The van der Waals surface area contributed by atoms with Gasteiger partial charge in [0.2, 0.25) is 0 Å². The van der Waals surface area contributed by atoms with Gasteiger partial charge in [-0.2, -0.15) is 0 Å². The summed E-state index contributed by atoms with van der Waals surface area (Å²) in [7, 11) is 1.82. The second kappa shape index (κ2) is 8.25. The van der Waals surface area contributed by atoms with E-state index in [4.69, 9.17) is 0 Å². The molecule has 1 aliphatic rings. The molecule has 2 N–H and O–H groups in total. The fourth-order valence-corrected chi connectivity index (χ4v) is 3.20. The maximum atomic E-state index is 12.2. The first-order valence-electron chi connectivity index (χ1n) is 8.06. The molecule has 21 heavy (non-hydrogen) atoms. The van der Waals surface area contributed by atoms with Crippen molar-refractivity contribution in [2.75, 3.05) is 13.6 Å². The van der Waals surface area contributed by atoms with Gasteiger partial charge in [0.1, 0.15) is 0 Å². The van der Waals surface area contributed by atoms with Crippen LogP contribution in [-0.4, -0.2) is 41.6 Å². The Morgan fingerprint density at radius 1 is 1.29 bits per heavy atom. The van der Waals surface area contributed by atoms with Crippen molar-refractivity contribution in [2.45, 2.75) is 58.9 Å². The van der Waals surface area contributed by atoms with Crippen LogP contribution in [0.15, 0.2) is 0 Å². The minimum absolute atomic E-state index is 0.149. The van der Waals surface area contributed by atoms with Gasteiger partial charge in [-0.1, -0.05) is 33.6 Å². The molecule has 0 aliphatic heterocycles. The van der Waals surface area contributed by atoms with Crippen LogP contribution in [0.25, 0.3) is 0 Å². The highest BCUT2D eigenvalue weighted by Gasteiger charge is 2.28. The van der Waals surface area contributed by atoms with E-state index in [1.54, 1.807) is 4.90 Å². The third-order valence-corrected chi connectivity index (χ3v) is 4.49. The average Bonchev–Trinajstić information content (AvgIpc) is 2.42. The molecule has 0 aromatic rings. The third-order valence-electron chi connectivity index (χ3n) is 4.49. The number of nitrogens with one attached hydrogen (secondary N) is 1. The highest BCUT2D eigenvalue weighted by molar-refractivity contribution is 5.76. The molecular weight excluding hydrogens is 268 g/mol. The predicted octanol–water partition coefficient (Wildman–Crippen LogP) is 2.95. The molecule has 0 aromatic heterocycles. The Balaban J connectivity index is 2.49. The van der Waals surface area contributed by atoms with E-state index < -0.39 is 11.9 Å². The molecule has 122 valence electrons. The molecule has 1 fully saturated rings. The van der Waals surface area contributed by atoms with Crippen molar-refractivity contribution < 1.29 is 14.7 Å². The summed E-state index contributed by atoms with van der Waals surface area (Å²) in [6.07, 6.45) is 5.19. The lowest BCUT2D eigenvalue weighted by atomic mass is 9.85. The minimum Gasteiger partial charge on any atom is -0.481 e. The van der Waals surface area contributed by atoms with E-state index in [-0.39, 0.29) is 18.6 Å². The van der Waals surface area contributed by atoms with Crippen LogP contribution in [0.1, 0.15) is 52.9 Å². The lowest BCUT2D eigenvalue weighted by molar-refractivity contribution is -0.142. The van der Waals surface area contributed by atoms with Gasteiger partial charge in [-0.3, -0.25) is 4.79 Å². The standard InChI is InChI=1S/C16H30N2O3/c1-11(2)9-13(15(19)20)10-17-16(21)18(4)14-8-6-5-7-12(14)3/h11-14H,5-10H2,1-4H3,(H,17,21)(H,19,20). The molecule has 0 heterocycles. The van der Waals surface area contributed by atoms with Gasteiger partial charge >= 0.3 is 12.0 Å². The lowest BCUT2D eigenvalue weighted by Crippen LogP contribution is -2.48. The molecule has 0 radical (unpaired) electrons. The highest BCUT2D eigenvalue weighted by Crippen LogP contribution is 2.27. The summed E-state index contributed by atoms with van der Waals surface area (Å²) in [5.74, 6) is -0.525. The summed E-state index contributed by atoms with van der Waals surface area (Å²) in [5, 5.41) is 12.0. The van der Waals surface area contributed by atoms with Gasteiger partial charge in [0.15, 0.2) is 0 Å². The Morgan fingerprint density at radius 3 is 2.43 bits per heavy atom. The Morgan fingerprint density at radius 2 is 1.90 bits per heavy atom. The Bertz CT molecular complexity index is 357. The molecule has 0 spiro atoms. The number of hydrogen-bond donors (Lipinski definition) is 2. The zero-order valence-corrected chi connectivity index (χ0v) is 13.8. The maximum Gasteiger partial charge on any atom is 0.317 e. The van der Waals surface area contributed by atoms with Crippen molar-refractivity contribution in [3.8, 4) is 0 Å². The molecule has 0 saturated heterocycles. The summed E-state index contributed by atoms with van der Waals surface area (Å²) >= 11 is 0. The average molecular weight is 298 g/mol. The quantitative estimate of drug-likeness (QED) is 0.792. The van der Waals surface area contributed by atoms with Crippen LogP contribution in [0.3, 0.4) is 0 Å². The largest absolute Gasteiger partial charge is 0.481 e. The van der Waals surface area contributed by atoms with E-state index >= 15 is 0 Å². The van der Waals surface area contributed by atoms with Gasteiger partial charge in [0.25, 0.3) is 0 Å². The second-order valence-electron chi connectivity index (χ2n) is 6.79. The van der Waals surface area contributed by atoms with E-state index in [1.165, 1.54) is 6.42 Å². The van der Waals surface area contributed by atoms with Crippen LogP contribution in [0, 0.1) is 17.8 Å². The molecule has 1 saturated carbocycles. The topological polar surface area (TPSA) is 69.6 Å². The van der Waals surface area contributed by atoms with Crippen LogP contribution in [0.2, 0.25) is 0 Å². The minimum atomic E-state index is -0.835. The number of hydrogen-bond acceptors (Lipinski definition) is 2. The van der Waals surface area contributed by atoms with Crippen LogP contribution < -0.4 is 5.32 Å². The van der Waals surface area contributed by atoms with Gasteiger partial charge in [0, 0.05) is 19.6 Å². The van der Waals surface area contributed by atoms with Crippen molar-refractivity contribution in [3.05, 3.63) is 0 Å². The first-order chi connectivity index (χ1) is 9.82. The molecule has 2 amide bonds. The summed E-state index contributed by atoms with van der Waals surface area (Å²) in [5.41, 5.74) is 0. The molecule has 5 heteroatoms. The van der Waals surface area contributed by atoms with E-state index in [2.05, 4.69) is 12.2 Å². The number of rotatable bonds is 6. The fraction of sp³-hybridized carbons (Fsp3) is 0.875. The van der Waals surface area contributed by atoms with E-state index in [0.29, 0.717) is 18.3 Å².